The smallest absolute Gasteiger partial charge is 0.338 e. The number of hydrogen-bond donors (Lipinski definition) is 2. The Bertz CT molecular complexity index is 486. The van der Waals surface area contributed by atoms with E-state index < -0.39 is 23.2 Å². The Hall–Kier alpha value is -1.65. The maximum atomic E-state index is 13.6. The Morgan fingerprint density at radius 1 is 1.41 bits per heavy atom. The molecule has 1 unspecified atom stereocenters. The van der Waals surface area contributed by atoms with Gasteiger partial charge in [-0.25, -0.2) is 13.6 Å². The van der Waals surface area contributed by atoms with Crippen LogP contribution >= 0.6 is 0 Å². The van der Waals surface area contributed by atoms with Crippen molar-refractivity contribution >= 4 is 11.7 Å². The van der Waals surface area contributed by atoms with Crippen LogP contribution in [0.4, 0.5) is 14.5 Å². The molecule has 2 N–H and O–H groups in total. The van der Waals surface area contributed by atoms with E-state index in [4.69, 9.17) is 5.11 Å². The minimum absolute atomic E-state index is 0.0167. The van der Waals surface area contributed by atoms with Gasteiger partial charge in [-0.3, -0.25) is 0 Å². The zero-order chi connectivity index (χ0) is 12.8. The minimum atomic E-state index is -1.47. The van der Waals surface area contributed by atoms with Crippen molar-refractivity contribution in [1.82, 2.24) is 0 Å². The molecular formula is C12H13F2NO2. The van der Waals surface area contributed by atoms with Gasteiger partial charge in [-0.05, 0) is 24.0 Å². The van der Waals surface area contributed by atoms with Crippen molar-refractivity contribution in [1.29, 1.82) is 0 Å². The fourth-order valence-electron chi connectivity index (χ4n) is 1.73. The summed E-state index contributed by atoms with van der Waals surface area (Å²) >= 11 is 0. The molecule has 1 aromatic carbocycles. The first kappa shape index (κ1) is 11.8. The Labute approximate surface area is 97.5 Å². The van der Waals surface area contributed by atoms with Crippen molar-refractivity contribution in [3.63, 3.8) is 0 Å². The summed E-state index contributed by atoms with van der Waals surface area (Å²) in [4.78, 5) is 10.6. The average molecular weight is 241 g/mol. The standard InChI is InChI=1S/C12H13F2NO2/c1-12(2)5-8(12)15-7-4-3-6(11(16)17)9(13)10(7)14/h3-4,8,15H,5H2,1-2H3,(H,16,17). The number of carbonyl (C=O) groups is 1. The summed E-state index contributed by atoms with van der Waals surface area (Å²) in [6, 6.07) is 2.43. The van der Waals surface area contributed by atoms with E-state index in [1.54, 1.807) is 0 Å². The van der Waals surface area contributed by atoms with E-state index in [-0.39, 0.29) is 17.1 Å². The molecule has 5 heteroatoms. The molecular weight excluding hydrogens is 228 g/mol. The van der Waals surface area contributed by atoms with Crippen LogP contribution in [0.1, 0.15) is 30.6 Å². The number of carboxylic acid groups (broad SMARTS) is 1. The van der Waals surface area contributed by atoms with E-state index in [9.17, 15) is 13.6 Å². The lowest BCUT2D eigenvalue weighted by Crippen LogP contribution is -2.12. The molecule has 0 radical (unpaired) electrons. The van der Waals surface area contributed by atoms with Gasteiger partial charge in [-0.15, -0.1) is 0 Å². The highest BCUT2D eigenvalue weighted by molar-refractivity contribution is 5.88. The van der Waals surface area contributed by atoms with Crippen LogP contribution in [-0.4, -0.2) is 17.1 Å². The van der Waals surface area contributed by atoms with Crippen LogP contribution in [0.3, 0.4) is 0 Å². The van der Waals surface area contributed by atoms with E-state index in [0.29, 0.717) is 0 Å². The fourth-order valence-corrected chi connectivity index (χ4v) is 1.73. The molecule has 1 saturated carbocycles. The summed E-state index contributed by atoms with van der Waals surface area (Å²) < 4.78 is 26.9. The summed E-state index contributed by atoms with van der Waals surface area (Å²) in [6.45, 7) is 4.04. The molecule has 0 amide bonds. The zero-order valence-corrected chi connectivity index (χ0v) is 9.55. The number of halogens is 2. The van der Waals surface area contributed by atoms with Crippen LogP contribution in [0.5, 0.6) is 0 Å². The molecule has 17 heavy (non-hydrogen) atoms. The predicted octanol–water partition coefficient (Wildman–Crippen LogP) is 2.87. The van der Waals surface area contributed by atoms with Crippen LogP contribution in [0.2, 0.25) is 0 Å². The first-order chi connectivity index (χ1) is 7.83. The first-order valence-electron chi connectivity index (χ1n) is 5.31. The summed E-state index contributed by atoms with van der Waals surface area (Å²) in [6.07, 6.45) is 0.884. The summed E-state index contributed by atoms with van der Waals surface area (Å²) in [5, 5.41) is 11.5. The van der Waals surface area contributed by atoms with Gasteiger partial charge in [0.2, 0.25) is 0 Å². The van der Waals surface area contributed by atoms with E-state index in [0.717, 1.165) is 12.5 Å². The van der Waals surface area contributed by atoms with E-state index in [1.165, 1.54) is 6.07 Å². The van der Waals surface area contributed by atoms with Gasteiger partial charge in [-0.2, -0.15) is 0 Å². The van der Waals surface area contributed by atoms with Crippen LogP contribution in [0, 0.1) is 17.0 Å². The fraction of sp³-hybridized carbons (Fsp3) is 0.417. The Kier molecular flexibility index (Phi) is 2.56. The molecule has 1 aliphatic carbocycles. The first-order valence-corrected chi connectivity index (χ1v) is 5.31. The molecule has 2 rings (SSSR count). The lowest BCUT2D eigenvalue weighted by atomic mass is 10.1. The molecule has 0 aliphatic heterocycles. The van der Waals surface area contributed by atoms with Gasteiger partial charge in [0.25, 0.3) is 0 Å². The Morgan fingerprint density at radius 2 is 2.00 bits per heavy atom. The third-order valence-electron chi connectivity index (χ3n) is 3.16. The number of nitrogens with one attached hydrogen (secondary N) is 1. The number of hydrogen-bond acceptors (Lipinski definition) is 2. The molecule has 1 fully saturated rings. The molecule has 1 aromatic rings. The number of anilines is 1. The van der Waals surface area contributed by atoms with Gasteiger partial charge in [-0.1, -0.05) is 13.8 Å². The second-order valence-electron chi connectivity index (χ2n) is 4.98. The quantitative estimate of drug-likeness (QED) is 0.855. The summed E-state index contributed by atoms with van der Waals surface area (Å²) in [7, 11) is 0. The van der Waals surface area contributed by atoms with Crippen molar-refractivity contribution in [2.75, 3.05) is 5.32 Å². The van der Waals surface area contributed by atoms with Crippen molar-refractivity contribution in [2.24, 2.45) is 5.41 Å². The second-order valence-corrected chi connectivity index (χ2v) is 4.98. The molecule has 0 aromatic heterocycles. The monoisotopic (exact) mass is 241 g/mol. The highest BCUT2D eigenvalue weighted by atomic mass is 19.2. The van der Waals surface area contributed by atoms with Crippen molar-refractivity contribution in [3.05, 3.63) is 29.3 Å². The van der Waals surface area contributed by atoms with E-state index >= 15 is 0 Å². The number of carboxylic acids is 1. The lowest BCUT2D eigenvalue weighted by molar-refractivity contribution is 0.0690. The lowest BCUT2D eigenvalue weighted by Gasteiger charge is -2.10. The molecule has 0 spiro atoms. The van der Waals surface area contributed by atoms with Gasteiger partial charge in [0.05, 0.1) is 11.3 Å². The van der Waals surface area contributed by atoms with Crippen molar-refractivity contribution in [3.8, 4) is 0 Å². The van der Waals surface area contributed by atoms with Crippen molar-refractivity contribution in [2.45, 2.75) is 26.3 Å². The number of aromatic carboxylic acids is 1. The molecule has 0 saturated heterocycles. The topological polar surface area (TPSA) is 49.3 Å². The summed E-state index contributed by atoms with van der Waals surface area (Å²) in [5.74, 6) is -3.92. The highest BCUT2D eigenvalue weighted by Gasteiger charge is 2.46. The third kappa shape index (κ3) is 2.09. The maximum Gasteiger partial charge on any atom is 0.338 e. The molecule has 3 nitrogen and oxygen atoms in total. The molecule has 1 aliphatic rings. The van der Waals surface area contributed by atoms with Gasteiger partial charge in [0, 0.05) is 6.04 Å². The molecule has 0 heterocycles. The van der Waals surface area contributed by atoms with Gasteiger partial charge < -0.3 is 10.4 Å². The Balaban J connectivity index is 2.26. The minimum Gasteiger partial charge on any atom is -0.478 e. The Morgan fingerprint density at radius 3 is 2.47 bits per heavy atom. The predicted molar refractivity (Wildman–Crippen MR) is 59.1 cm³/mol. The van der Waals surface area contributed by atoms with Crippen LogP contribution in [0.25, 0.3) is 0 Å². The summed E-state index contributed by atoms with van der Waals surface area (Å²) in [5.41, 5.74) is -0.555. The van der Waals surface area contributed by atoms with Gasteiger partial charge >= 0.3 is 5.97 Å². The highest BCUT2D eigenvalue weighted by Crippen LogP contribution is 2.46. The molecule has 1 atom stereocenters. The largest absolute Gasteiger partial charge is 0.478 e. The van der Waals surface area contributed by atoms with Crippen LogP contribution in [-0.2, 0) is 0 Å². The van der Waals surface area contributed by atoms with Crippen molar-refractivity contribution < 1.29 is 18.7 Å². The third-order valence-corrected chi connectivity index (χ3v) is 3.16. The maximum absolute atomic E-state index is 13.6. The second kappa shape index (κ2) is 3.68. The van der Waals surface area contributed by atoms with Crippen LogP contribution < -0.4 is 5.32 Å². The SMILES string of the molecule is CC1(C)CC1Nc1ccc(C(=O)O)c(F)c1F. The molecule has 92 valence electrons. The number of benzene rings is 1. The van der Waals surface area contributed by atoms with E-state index in [2.05, 4.69) is 5.32 Å². The van der Waals surface area contributed by atoms with E-state index in [1.807, 2.05) is 13.8 Å². The number of rotatable bonds is 3. The molecule has 0 bridgehead atoms. The normalized spacial score (nSPS) is 21.1. The van der Waals surface area contributed by atoms with Crippen LogP contribution in [0.15, 0.2) is 12.1 Å². The van der Waals surface area contributed by atoms with Gasteiger partial charge in [0.15, 0.2) is 11.6 Å². The average Bonchev–Trinajstić information content (AvgIpc) is 2.81. The zero-order valence-electron chi connectivity index (χ0n) is 9.55. The van der Waals surface area contributed by atoms with Gasteiger partial charge in [0.1, 0.15) is 0 Å².